The van der Waals surface area contributed by atoms with E-state index in [1.54, 1.807) is 12.1 Å². The van der Waals surface area contributed by atoms with Crippen molar-refractivity contribution < 1.29 is 24.2 Å². The fraction of sp³-hybridized carbons (Fsp3) is 0.345. The van der Waals surface area contributed by atoms with Gasteiger partial charge in [0, 0.05) is 47.8 Å². The minimum absolute atomic E-state index is 0.0344. The normalized spacial score (nSPS) is 18.5. The highest BCUT2D eigenvalue weighted by atomic mass is 16.5. The van der Waals surface area contributed by atoms with Gasteiger partial charge in [0.05, 0.1) is 0 Å². The molecule has 0 radical (unpaired) electrons. The van der Waals surface area contributed by atoms with Crippen molar-refractivity contribution >= 4 is 17.5 Å². The topological polar surface area (TPSA) is 83.9 Å². The highest BCUT2D eigenvalue weighted by Gasteiger charge is 2.43. The molecule has 1 N–H and O–H groups in total. The second kappa shape index (κ2) is 9.53. The van der Waals surface area contributed by atoms with E-state index in [9.17, 15) is 19.5 Å². The van der Waals surface area contributed by atoms with Gasteiger partial charge in [0.2, 0.25) is 0 Å². The molecule has 1 aliphatic heterocycles. The van der Waals surface area contributed by atoms with Crippen molar-refractivity contribution in [3.63, 3.8) is 0 Å². The number of nitrogens with zero attached hydrogens (tertiary/aromatic N) is 1. The lowest BCUT2D eigenvalue weighted by Crippen LogP contribution is -2.39. The number of carboxylic acids is 1. The van der Waals surface area contributed by atoms with E-state index in [4.69, 9.17) is 4.74 Å². The van der Waals surface area contributed by atoms with Crippen LogP contribution in [0.4, 0.5) is 0 Å². The van der Waals surface area contributed by atoms with E-state index < -0.39 is 11.9 Å². The Morgan fingerprint density at radius 1 is 0.943 bits per heavy atom. The maximum absolute atomic E-state index is 13.2. The van der Waals surface area contributed by atoms with Crippen LogP contribution in [0.1, 0.15) is 72.9 Å². The van der Waals surface area contributed by atoms with E-state index in [1.165, 1.54) is 0 Å². The molecule has 0 spiro atoms. The Hall–Kier alpha value is -3.67. The smallest absolute Gasteiger partial charge is 0.339 e. The number of allylic oxidation sites excluding steroid dienone is 4. The Morgan fingerprint density at radius 3 is 2.14 bits per heavy atom. The Kier molecular flexibility index (Phi) is 6.29. The van der Waals surface area contributed by atoms with Gasteiger partial charge in [-0.2, -0.15) is 0 Å². The van der Waals surface area contributed by atoms with E-state index in [0.717, 1.165) is 42.6 Å². The first-order chi connectivity index (χ1) is 17.0. The van der Waals surface area contributed by atoms with Crippen LogP contribution in [0.15, 0.2) is 71.1 Å². The summed E-state index contributed by atoms with van der Waals surface area (Å²) in [6, 6.07) is 14.6. The van der Waals surface area contributed by atoms with Crippen LogP contribution in [0.5, 0.6) is 5.75 Å². The largest absolute Gasteiger partial charge is 0.488 e. The van der Waals surface area contributed by atoms with Crippen molar-refractivity contribution in [1.29, 1.82) is 0 Å². The number of rotatable bonds is 6. The lowest BCUT2D eigenvalue weighted by molar-refractivity contribution is -0.117. The molecule has 3 aliphatic rings. The van der Waals surface area contributed by atoms with Gasteiger partial charge in [-0.1, -0.05) is 36.4 Å². The van der Waals surface area contributed by atoms with Gasteiger partial charge in [-0.25, -0.2) is 4.79 Å². The Morgan fingerprint density at radius 2 is 1.57 bits per heavy atom. The zero-order chi connectivity index (χ0) is 24.5. The number of hydrogen-bond acceptors (Lipinski definition) is 5. The van der Waals surface area contributed by atoms with Gasteiger partial charge in [0.1, 0.15) is 17.9 Å². The summed E-state index contributed by atoms with van der Waals surface area (Å²) in [7, 11) is 0. The minimum atomic E-state index is -1.10. The first-order valence-electron chi connectivity index (χ1n) is 12.3. The molecule has 5 rings (SSSR count). The first kappa shape index (κ1) is 23.1. The highest BCUT2D eigenvalue weighted by Crippen LogP contribution is 2.49. The molecule has 0 bridgehead atoms. The predicted molar refractivity (Wildman–Crippen MR) is 131 cm³/mol. The molecule has 35 heavy (non-hydrogen) atoms. The monoisotopic (exact) mass is 471 g/mol. The summed E-state index contributed by atoms with van der Waals surface area (Å²) < 4.78 is 5.87. The lowest BCUT2D eigenvalue weighted by Gasteiger charge is -2.43. The molecule has 0 aromatic heterocycles. The number of carboxylic acid groups (broad SMARTS) is 1. The lowest BCUT2D eigenvalue weighted by atomic mass is 9.70. The van der Waals surface area contributed by atoms with Crippen molar-refractivity contribution in [1.82, 2.24) is 4.90 Å². The van der Waals surface area contributed by atoms with Crippen molar-refractivity contribution in [2.24, 2.45) is 0 Å². The fourth-order valence-corrected chi connectivity index (χ4v) is 5.69. The van der Waals surface area contributed by atoms with Crippen LogP contribution in [0, 0.1) is 0 Å². The van der Waals surface area contributed by atoms with Crippen LogP contribution in [-0.4, -0.2) is 34.1 Å². The zero-order valence-electron chi connectivity index (χ0n) is 19.9. The van der Waals surface area contributed by atoms with Crippen LogP contribution < -0.4 is 4.74 Å². The molecule has 0 atom stereocenters. The second-order valence-corrected chi connectivity index (χ2v) is 9.29. The van der Waals surface area contributed by atoms with Gasteiger partial charge in [0.25, 0.3) is 0 Å². The van der Waals surface area contributed by atoms with E-state index in [1.807, 2.05) is 36.4 Å². The molecule has 2 aromatic rings. The summed E-state index contributed by atoms with van der Waals surface area (Å²) >= 11 is 0. The number of hydrogen-bond donors (Lipinski definition) is 1. The van der Waals surface area contributed by atoms with Crippen molar-refractivity contribution in [3.8, 4) is 5.75 Å². The fourth-order valence-electron chi connectivity index (χ4n) is 5.69. The molecule has 0 saturated heterocycles. The maximum Gasteiger partial charge on any atom is 0.339 e. The Balaban J connectivity index is 1.60. The second-order valence-electron chi connectivity index (χ2n) is 9.29. The van der Waals surface area contributed by atoms with E-state index in [2.05, 4.69) is 11.8 Å². The molecule has 2 aromatic carbocycles. The molecule has 0 amide bonds. The van der Waals surface area contributed by atoms with Gasteiger partial charge >= 0.3 is 5.97 Å². The summed E-state index contributed by atoms with van der Waals surface area (Å²) in [6.45, 7) is 3.00. The van der Waals surface area contributed by atoms with Crippen LogP contribution in [0.25, 0.3) is 0 Å². The molecular formula is C29H29NO5. The molecule has 6 nitrogen and oxygen atoms in total. The standard InChI is InChI=1S/C29H29NO5/c1-2-30-21-10-6-12-23(31)27(21)26(28-22(30)11-7-13-24(28)32)19-14-15-25(20(16-19)29(33)34)35-17-18-8-4-3-5-9-18/h3-5,8-9,14-16,26H,2,6-7,10-13,17H2,1H3,(H,33,34). The SMILES string of the molecule is CCN1C2=C(C(=O)CCC2)C(c2ccc(OCc3ccccc3)c(C(=O)O)c2)C2=C1CCCC2=O. The first-order valence-corrected chi connectivity index (χ1v) is 12.3. The molecular weight excluding hydrogens is 442 g/mol. The van der Waals surface area contributed by atoms with Gasteiger partial charge in [-0.05, 0) is 55.9 Å². The van der Waals surface area contributed by atoms with Gasteiger partial charge in [-0.3, -0.25) is 9.59 Å². The quantitative estimate of drug-likeness (QED) is 0.608. The van der Waals surface area contributed by atoms with Crippen molar-refractivity contribution in [2.75, 3.05) is 6.54 Å². The number of benzene rings is 2. The average Bonchev–Trinajstić information content (AvgIpc) is 2.87. The highest BCUT2D eigenvalue weighted by molar-refractivity contribution is 6.06. The van der Waals surface area contributed by atoms with E-state index in [-0.39, 0.29) is 29.5 Å². The molecule has 180 valence electrons. The van der Waals surface area contributed by atoms with Crippen molar-refractivity contribution in [2.45, 2.75) is 58.0 Å². The summed E-state index contributed by atoms with van der Waals surface area (Å²) in [6.07, 6.45) is 4.08. The van der Waals surface area contributed by atoms with Gasteiger partial charge < -0.3 is 14.7 Å². The zero-order valence-corrected chi connectivity index (χ0v) is 19.9. The third-order valence-corrected chi connectivity index (χ3v) is 7.21. The van der Waals surface area contributed by atoms with Crippen LogP contribution in [-0.2, 0) is 16.2 Å². The molecule has 0 unspecified atom stereocenters. The third-order valence-electron chi connectivity index (χ3n) is 7.21. The minimum Gasteiger partial charge on any atom is -0.488 e. The van der Waals surface area contributed by atoms with E-state index >= 15 is 0 Å². The predicted octanol–water partition coefficient (Wildman–Crippen LogP) is 5.40. The van der Waals surface area contributed by atoms with E-state index in [0.29, 0.717) is 36.1 Å². The number of ketones is 2. The molecule has 0 fully saturated rings. The van der Waals surface area contributed by atoms with Crippen LogP contribution >= 0.6 is 0 Å². The molecule has 1 heterocycles. The van der Waals surface area contributed by atoms with Crippen molar-refractivity contribution in [3.05, 3.63) is 87.8 Å². The summed E-state index contributed by atoms with van der Waals surface area (Å²) in [4.78, 5) is 40.9. The molecule has 0 saturated carbocycles. The molecule has 6 heteroatoms. The number of aromatic carboxylic acids is 1. The number of carbonyl (C=O) groups is 3. The van der Waals surface area contributed by atoms with Crippen LogP contribution in [0.2, 0.25) is 0 Å². The average molecular weight is 472 g/mol. The Bertz CT molecular complexity index is 1210. The van der Waals surface area contributed by atoms with Gasteiger partial charge in [-0.15, -0.1) is 0 Å². The van der Waals surface area contributed by atoms with Crippen LogP contribution in [0.3, 0.4) is 0 Å². The summed E-state index contributed by atoms with van der Waals surface area (Å²) in [5.41, 5.74) is 4.97. The summed E-state index contributed by atoms with van der Waals surface area (Å²) in [5.74, 6) is -1.25. The third kappa shape index (κ3) is 4.18. The number of Topliss-reactive ketones (excluding diaryl/α,β-unsaturated/α-hetero) is 2. The van der Waals surface area contributed by atoms with Gasteiger partial charge in [0.15, 0.2) is 11.6 Å². The number of carbonyl (C=O) groups excluding carboxylic acids is 2. The number of ether oxygens (including phenoxy) is 1. The Labute approximate surface area is 204 Å². The molecule has 2 aliphatic carbocycles. The maximum atomic E-state index is 13.2. The summed E-state index contributed by atoms with van der Waals surface area (Å²) in [5, 5.41) is 9.99.